The molecule has 2 rings (SSSR count). The summed E-state index contributed by atoms with van der Waals surface area (Å²) in [6.07, 6.45) is 1.97. The maximum Gasteiger partial charge on any atom is 0.256 e. The van der Waals surface area contributed by atoms with Gasteiger partial charge in [-0.1, -0.05) is 13.8 Å². The fraction of sp³-hybridized carbons (Fsp3) is 0.562. The lowest BCUT2D eigenvalue weighted by molar-refractivity contribution is 0.0640. The predicted molar refractivity (Wildman–Crippen MR) is 79.8 cm³/mol. The second-order valence-electron chi connectivity index (χ2n) is 5.74. The lowest BCUT2D eigenvalue weighted by atomic mass is 9.93. The highest BCUT2D eigenvalue weighted by Gasteiger charge is 2.29. The Bertz CT molecular complexity index is 507. The Kier molecular flexibility index (Phi) is 5.17. The molecule has 1 heterocycles. The first-order valence-corrected chi connectivity index (χ1v) is 7.54. The Morgan fingerprint density at radius 2 is 2.29 bits per heavy atom. The highest BCUT2D eigenvalue weighted by Crippen LogP contribution is 2.21. The highest BCUT2D eigenvalue weighted by molar-refractivity contribution is 5.94. The zero-order chi connectivity index (χ0) is 15.4. The Hall–Kier alpha value is -1.62. The average molecular weight is 294 g/mol. The molecule has 0 aromatic heterocycles. The number of rotatable bonds is 4. The van der Waals surface area contributed by atoms with E-state index >= 15 is 0 Å². The van der Waals surface area contributed by atoms with Crippen LogP contribution >= 0.6 is 0 Å². The Morgan fingerprint density at radius 1 is 1.52 bits per heavy atom. The van der Waals surface area contributed by atoms with Gasteiger partial charge in [-0.2, -0.15) is 0 Å². The molecule has 2 unspecified atom stereocenters. The first-order chi connectivity index (χ1) is 10.0. The monoisotopic (exact) mass is 294 g/mol. The molecule has 1 aromatic rings. The van der Waals surface area contributed by atoms with Crippen LogP contribution in [0.25, 0.3) is 0 Å². The van der Waals surface area contributed by atoms with Gasteiger partial charge in [-0.15, -0.1) is 0 Å². The van der Waals surface area contributed by atoms with Gasteiger partial charge in [0.1, 0.15) is 11.6 Å². The number of benzene rings is 1. The van der Waals surface area contributed by atoms with Gasteiger partial charge in [-0.25, -0.2) is 4.39 Å². The molecule has 0 aliphatic carbocycles. The summed E-state index contributed by atoms with van der Waals surface area (Å²) in [5, 5.41) is 12.7. The largest absolute Gasteiger partial charge is 0.508 e. The van der Waals surface area contributed by atoms with E-state index < -0.39 is 5.82 Å². The molecule has 1 saturated heterocycles. The van der Waals surface area contributed by atoms with Crippen LogP contribution < -0.4 is 5.32 Å². The molecule has 2 atom stereocenters. The summed E-state index contributed by atoms with van der Waals surface area (Å²) in [5.74, 6) is -0.790. The zero-order valence-electron chi connectivity index (χ0n) is 12.6. The van der Waals surface area contributed by atoms with Gasteiger partial charge >= 0.3 is 0 Å². The second kappa shape index (κ2) is 6.89. The van der Waals surface area contributed by atoms with Crippen LogP contribution in [0.15, 0.2) is 18.2 Å². The topological polar surface area (TPSA) is 52.6 Å². The number of hydrogen-bond acceptors (Lipinski definition) is 3. The average Bonchev–Trinajstić information content (AvgIpc) is 2.45. The maximum atomic E-state index is 13.8. The summed E-state index contributed by atoms with van der Waals surface area (Å²) in [7, 11) is 0. The van der Waals surface area contributed by atoms with Crippen LogP contribution in [0.4, 0.5) is 4.39 Å². The molecule has 0 spiro atoms. The number of amides is 1. The molecule has 4 nitrogen and oxygen atoms in total. The molecule has 0 bridgehead atoms. The van der Waals surface area contributed by atoms with E-state index in [1.165, 1.54) is 12.1 Å². The van der Waals surface area contributed by atoms with Crippen molar-refractivity contribution in [3.8, 4) is 5.75 Å². The van der Waals surface area contributed by atoms with Crippen molar-refractivity contribution in [2.24, 2.45) is 5.92 Å². The van der Waals surface area contributed by atoms with E-state index in [-0.39, 0.29) is 17.2 Å². The van der Waals surface area contributed by atoms with Crippen LogP contribution in [0.2, 0.25) is 0 Å². The molecular weight excluding hydrogens is 271 g/mol. The molecule has 21 heavy (non-hydrogen) atoms. The number of likely N-dealkylation sites (tertiary alicyclic amines) is 1. The third kappa shape index (κ3) is 3.73. The molecule has 1 aliphatic heterocycles. The van der Waals surface area contributed by atoms with E-state index in [1.54, 1.807) is 4.90 Å². The van der Waals surface area contributed by atoms with Crippen molar-refractivity contribution in [1.29, 1.82) is 0 Å². The standard InChI is InChI=1S/C16H23FN2O2/c1-3-7-18-15-6-8-19(10-11(15)2)16(21)13-5-4-12(20)9-14(13)17/h4-5,9,11,15,18,20H,3,6-8,10H2,1-2H3. The van der Waals surface area contributed by atoms with E-state index in [4.69, 9.17) is 0 Å². The summed E-state index contributed by atoms with van der Waals surface area (Å²) in [4.78, 5) is 14.1. The number of hydrogen-bond donors (Lipinski definition) is 2. The molecule has 1 aromatic carbocycles. The van der Waals surface area contributed by atoms with Gasteiger partial charge in [-0.05, 0) is 37.4 Å². The lowest BCUT2D eigenvalue weighted by Gasteiger charge is -2.37. The van der Waals surface area contributed by atoms with Crippen molar-refractivity contribution in [2.45, 2.75) is 32.7 Å². The number of carbonyl (C=O) groups is 1. The number of nitrogens with one attached hydrogen (secondary N) is 1. The smallest absolute Gasteiger partial charge is 0.256 e. The number of halogens is 1. The Balaban J connectivity index is 2.02. The molecule has 2 N–H and O–H groups in total. The molecule has 116 valence electrons. The second-order valence-corrected chi connectivity index (χ2v) is 5.74. The van der Waals surface area contributed by atoms with Gasteiger partial charge in [0.25, 0.3) is 5.91 Å². The summed E-state index contributed by atoms with van der Waals surface area (Å²) in [6, 6.07) is 4.08. The lowest BCUT2D eigenvalue weighted by Crippen LogP contribution is -2.50. The van der Waals surface area contributed by atoms with Crippen molar-refractivity contribution in [3.05, 3.63) is 29.6 Å². The van der Waals surface area contributed by atoms with Crippen molar-refractivity contribution >= 4 is 5.91 Å². The summed E-state index contributed by atoms with van der Waals surface area (Å²) in [6.45, 7) is 6.48. The third-order valence-electron chi connectivity index (χ3n) is 4.03. The summed E-state index contributed by atoms with van der Waals surface area (Å²) < 4.78 is 13.8. The van der Waals surface area contributed by atoms with E-state index in [9.17, 15) is 14.3 Å². The Labute approximate surface area is 125 Å². The highest BCUT2D eigenvalue weighted by atomic mass is 19.1. The molecule has 0 radical (unpaired) electrons. The van der Waals surface area contributed by atoms with Gasteiger partial charge in [0.2, 0.25) is 0 Å². The number of phenols is 1. The third-order valence-corrected chi connectivity index (χ3v) is 4.03. The molecular formula is C16H23FN2O2. The van der Waals surface area contributed by atoms with Crippen LogP contribution in [0.1, 0.15) is 37.0 Å². The normalized spacial score (nSPS) is 22.3. The molecule has 1 amide bonds. The van der Waals surface area contributed by atoms with Crippen molar-refractivity contribution < 1.29 is 14.3 Å². The number of phenolic OH excluding ortho intramolecular Hbond substituents is 1. The van der Waals surface area contributed by atoms with Crippen LogP contribution in [-0.4, -0.2) is 41.6 Å². The minimum Gasteiger partial charge on any atom is -0.508 e. The first-order valence-electron chi connectivity index (χ1n) is 7.54. The van der Waals surface area contributed by atoms with Gasteiger partial charge in [0.15, 0.2) is 0 Å². The minimum atomic E-state index is -0.668. The van der Waals surface area contributed by atoms with Crippen molar-refractivity contribution in [3.63, 3.8) is 0 Å². The van der Waals surface area contributed by atoms with Crippen molar-refractivity contribution in [1.82, 2.24) is 10.2 Å². The van der Waals surface area contributed by atoms with E-state index in [0.717, 1.165) is 25.5 Å². The quantitative estimate of drug-likeness (QED) is 0.896. The van der Waals surface area contributed by atoms with Gasteiger partial charge in [0.05, 0.1) is 5.56 Å². The predicted octanol–water partition coefficient (Wildman–Crippen LogP) is 2.38. The molecule has 5 heteroatoms. The van der Waals surface area contributed by atoms with E-state index in [0.29, 0.717) is 25.0 Å². The number of aromatic hydroxyl groups is 1. The van der Waals surface area contributed by atoms with Crippen LogP contribution in [-0.2, 0) is 0 Å². The SMILES string of the molecule is CCCNC1CCN(C(=O)c2ccc(O)cc2F)CC1C. The number of piperidine rings is 1. The van der Waals surface area contributed by atoms with E-state index in [1.807, 2.05) is 0 Å². The Morgan fingerprint density at radius 3 is 2.90 bits per heavy atom. The fourth-order valence-electron chi connectivity index (χ4n) is 2.81. The van der Waals surface area contributed by atoms with Gasteiger partial charge < -0.3 is 15.3 Å². The van der Waals surface area contributed by atoms with Gasteiger partial charge in [0, 0.05) is 25.2 Å². The summed E-state index contributed by atoms with van der Waals surface area (Å²) >= 11 is 0. The first kappa shape index (κ1) is 15.8. The zero-order valence-corrected chi connectivity index (χ0v) is 12.6. The van der Waals surface area contributed by atoms with E-state index in [2.05, 4.69) is 19.2 Å². The van der Waals surface area contributed by atoms with Gasteiger partial charge in [-0.3, -0.25) is 4.79 Å². The minimum absolute atomic E-state index is 0.0277. The van der Waals surface area contributed by atoms with Crippen LogP contribution in [0, 0.1) is 11.7 Å². The molecule has 1 fully saturated rings. The number of nitrogens with zero attached hydrogens (tertiary/aromatic N) is 1. The van der Waals surface area contributed by atoms with Crippen molar-refractivity contribution in [2.75, 3.05) is 19.6 Å². The fourth-order valence-corrected chi connectivity index (χ4v) is 2.81. The maximum absolute atomic E-state index is 13.8. The number of carbonyl (C=O) groups excluding carboxylic acids is 1. The van der Waals surface area contributed by atoms with Crippen LogP contribution in [0.5, 0.6) is 5.75 Å². The molecule has 1 aliphatic rings. The molecule has 0 saturated carbocycles. The summed E-state index contributed by atoms with van der Waals surface area (Å²) in [5.41, 5.74) is 0.0277. The van der Waals surface area contributed by atoms with Crippen LogP contribution in [0.3, 0.4) is 0 Å².